The molecule has 0 N–H and O–H groups in total. The highest BCUT2D eigenvalue weighted by molar-refractivity contribution is 6.30. The number of nitrogens with zero attached hydrogens (tertiary/aromatic N) is 2. The maximum absolute atomic E-state index is 6.26. The summed E-state index contributed by atoms with van der Waals surface area (Å²) in [6.45, 7) is 0. The van der Waals surface area contributed by atoms with Crippen LogP contribution in [0.3, 0.4) is 0 Å². The number of furan rings is 1. The molecule has 30 heavy (non-hydrogen) atoms. The summed E-state index contributed by atoms with van der Waals surface area (Å²) in [4.78, 5) is 9.54. The fourth-order valence-corrected chi connectivity index (χ4v) is 4.19. The molecule has 142 valence electrons. The highest BCUT2D eigenvalue weighted by atomic mass is 35.5. The van der Waals surface area contributed by atoms with Gasteiger partial charge in [-0.1, -0.05) is 78.3 Å². The van der Waals surface area contributed by atoms with Gasteiger partial charge in [0.1, 0.15) is 11.1 Å². The summed E-state index contributed by atoms with van der Waals surface area (Å²) in [5.41, 5.74) is 5.92. The summed E-state index contributed by atoms with van der Waals surface area (Å²) in [7, 11) is 0. The minimum absolute atomic E-state index is 0.532. The quantitative estimate of drug-likeness (QED) is 0.298. The molecule has 6 rings (SSSR count). The zero-order valence-electron chi connectivity index (χ0n) is 15.8. The Labute approximate surface area is 177 Å². The topological polar surface area (TPSA) is 38.9 Å². The molecule has 0 aliphatic carbocycles. The lowest BCUT2D eigenvalue weighted by Crippen LogP contribution is -1.87. The maximum Gasteiger partial charge on any atom is 0.246 e. The Balaban J connectivity index is 1.73. The van der Waals surface area contributed by atoms with Crippen molar-refractivity contribution >= 4 is 44.6 Å². The standard InChI is InChI=1S/C26H15ClN2O/c27-19-11-6-10-18(13-19)22-15-28-26-24(29-22)23-20-12-5-4-9-17(20)14-21(25(23)30-26)16-7-2-1-3-8-16/h1-15H. The van der Waals surface area contributed by atoms with Gasteiger partial charge in [-0.2, -0.15) is 0 Å². The molecular weight excluding hydrogens is 392 g/mol. The molecular formula is C26H15ClN2O. The van der Waals surface area contributed by atoms with Crippen LogP contribution in [-0.2, 0) is 0 Å². The van der Waals surface area contributed by atoms with E-state index in [1.54, 1.807) is 6.20 Å². The lowest BCUT2D eigenvalue weighted by atomic mass is 9.97. The van der Waals surface area contributed by atoms with Crippen LogP contribution in [0.25, 0.3) is 55.4 Å². The first kappa shape index (κ1) is 17.2. The summed E-state index contributed by atoms with van der Waals surface area (Å²) >= 11 is 6.19. The molecule has 0 unspecified atom stereocenters. The number of hydrogen-bond donors (Lipinski definition) is 0. The fraction of sp³-hybridized carbons (Fsp3) is 0. The molecule has 0 saturated carbocycles. The largest absolute Gasteiger partial charge is 0.436 e. The third kappa shape index (κ3) is 2.67. The summed E-state index contributed by atoms with van der Waals surface area (Å²) in [6.07, 6.45) is 1.74. The average Bonchev–Trinajstić information content (AvgIpc) is 3.18. The highest BCUT2D eigenvalue weighted by Crippen LogP contribution is 2.40. The van der Waals surface area contributed by atoms with Crippen molar-refractivity contribution in [2.75, 3.05) is 0 Å². The van der Waals surface area contributed by atoms with E-state index in [0.717, 1.165) is 49.6 Å². The van der Waals surface area contributed by atoms with Crippen LogP contribution in [0.15, 0.2) is 95.5 Å². The predicted molar refractivity (Wildman–Crippen MR) is 123 cm³/mol. The van der Waals surface area contributed by atoms with Crippen LogP contribution in [0.2, 0.25) is 5.02 Å². The van der Waals surface area contributed by atoms with E-state index in [0.29, 0.717) is 10.7 Å². The Bertz CT molecular complexity index is 1550. The van der Waals surface area contributed by atoms with E-state index < -0.39 is 0 Å². The van der Waals surface area contributed by atoms with Crippen LogP contribution in [0, 0.1) is 0 Å². The molecule has 0 atom stereocenters. The molecule has 0 spiro atoms. The second kappa shape index (κ2) is 6.68. The van der Waals surface area contributed by atoms with Gasteiger partial charge in [0, 0.05) is 16.1 Å². The van der Waals surface area contributed by atoms with Gasteiger partial charge in [-0.15, -0.1) is 0 Å². The van der Waals surface area contributed by atoms with Crippen molar-refractivity contribution in [1.29, 1.82) is 0 Å². The number of aromatic nitrogens is 2. The highest BCUT2D eigenvalue weighted by Gasteiger charge is 2.18. The van der Waals surface area contributed by atoms with Crippen molar-refractivity contribution in [3.63, 3.8) is 0 Å². The van der Waals surface area contributed by atoms with Crippen molar-refractivity contribution in [3.05, 3.63) is 96.1 Å². The van der Waals surface area contributed by atoms with Crippen molar-refractivity contribution in [1.82, 2.24) is 9.97 Å². The first-order chi connectivity index (χ1) is 14.8. The van der Waals surface area contributed by atoms with Gasteiger partial charge < -0.3 is 4.42 Å². The zero-order valence-corrected chi connectivity index (χ0v) is 16.6. The fourth-order valence-electron chi connectivity index (χ4n) is 4.00. The van der Waals surface area contributed by atoms with E-state index >= 15 is 0 Å². The molecule has 0 fully saturated rings. The molecule has 4 aromatic carbocycles. The predicted octanol–water partition coefficient (Wildman–Crippen LogP) is 7.52. The van der Waals surface area contributed by atoms with Gasteiger partial charge in [-0.3, -0.25) is 0 Å². The van der Waals surface area contributed by atoms with Gasteiger partial charge in [-0.05, 0) is 34.5 Å². The molecule has 0 amide bonds. The molecule has 4 heteroatoms. The number of benzene rings is 4. The average molecular weight is 407 g/mol. The second-order valence-corrected chi connectivity index (χ2v) is 7.67. The summed E-state index contributed by atoms with van der Waals surface area (Å²) in [5, 5.41) is 3.89. The van der Waals surface area contributed by atoms with Gasteiger partial charge >= 0.3 is 0 Å². The van der Waals surface area contributed by atoms with Crippen molar-refractivity contribution in [3.8, 4) is 22.4 Å². The zero-order chi connectivity index (χ0) is 20.1. The first-order valence-electron chi connectivity index (χ1n) is 9.70. The third-order valence-electron chi connectivity index (χ3n) is 5.38. The lowest BCUT2D eigenvalue weighted by Gasteiger charge is -2.06. The van der Waals surface area contributed by atoms with Gasteiger partial charge in [0.15, 0.2) is 0 Å². The van der Waals surface area contributed by atoms with Gasteiger partial charge in [0.25, 0.3) is 0 Å². The first-order valence-corrected chi connectivity index (χ1v) is 10.1. The molecule has 0 radical (unpaired) electrons. The molecule has 2 heterocycles. The minimum atomic E-state index is 0.532. The SMILES string of the molecule is Clc1cccc(-c2cnc3oc4c(-c5ccccc5)cc5ccccc5c4c3n2)c1. The number of fused-ring (bicyclic) bond motifs is 5. The van der Waals surface area contributed by atoms with Gasteiger partial charge in [0.05, 0.1) is 17.3 Å². The van der Waals surface area contributed by atoms with E-state index in [2.05, 4.69) is 35.3 Å². The van der Waals surface area contributed by atoms with E-state index in [1.165, 1.54) is 0 Å². The van der Waals surface area contributed by atoms with E-state index in [1.807, 2.05) is 54.6 Å². The monoisotopic (exact) mass is 406 g/mol. The van der Waals surface area contributed by atoms with Crippen LogP contribution in [-0.4, -0.2) is 9.97 Å². The van der Waals surface area contributed by atoms with Gasteiger partial charge in [-0.25, -0.2) is 9.97 Å². The smallest absolute Gasteiger partial charge is 0.246 e. The normalized spacial score (nSPS) is 11.5. The van der Waals surface area contributed by atoms with Crippen LogP contribution in [0.5, 0.6) is 0 Å². The van der Waals surface area contributed by atoms with Crippen molar-refractivity contribution in [2.24, 2.45) is 0 Å². The molecule has 0 aliphatic heterocycles. The van der Waals surface area contributed by atoms with Crippen molar-refractivity contribution in [2.45, 2.75) is 0 Å². The van der Waals surface area contributed by atoms with Crippen LogP contribution in [0.4, 0.5) is 0 Å². The molecule has 6 aromatic rings. The van der Waals surface area contributed by atoms with E-state index in [9.17, 15) is 0 Å². The molecule has 0 saturated heterocycles. The number of hydrogen-bond acceptors (Lipinski definition) is 3. The summed E-state index contributed by atoms with van der Waals surface area (Å²) in [6, 6.07) is 28.4. The third-order valence-corrected chi connectivity index (χ3v) is 5.62. The summed E-state index contributed by atoms with van der Waals surface area (Å²) < 4.78 is 6.26. The van der Waals surface area contributed by atoms with E-state index in [4.69, 9.17) is 21.0 Å². The van der Waals surface area contributed by atoms with Crippen molar-refractivity contribution < 1.29 is 4.42 Å². The van der Waals surface area contributed by atoms with E-state index in [-0.39, 0.29) is 0 Å². The molecule has 3 nitrogen and oxygen atoms in total. The Morgan fingerprint density at radius 2 is 1.57 bits per heavy atom. The Morgan fingerprint density at radius 3 is 2.43 bits per heavy atom. The van der Waals surface area contributed by atoms with Crippen LogP contribution < -0.4 is 0 Å². The minimum Gasteiger partial charge on any atom is -0.436 e. The van der Waals surface area contributed by atoms with Gasteiger partial charge in [0.2, 0.25) is 5.71 Å². The lowest BCUT2D eigenvalue weighted by molar-refractivity contribution is 0.654. The maximum atomic E-state index is 6.26. The number of rotatable bonds is 2. The molecule has 0 aliphatic rings. The molecule has 2 aromatic heterocycles. The Hall–Kier alpha value is -3.69. The summed E-state index contributed by atoms with van der Waals surface area (Å²) in [5.74, 6) is 0. The van der Waals surface area contributed by atoms with Crippen LogP contribution >= 0.6 is 11.6 Å². The Kier molecular flexibility index (Phi) is 3.83. The second-order valence-electron chi connectivity index (χ2n) is 7.24. The van der Waals surface area contributed by atoms with Crippen LogP contribution in [0.1, 0.15) is 0 Å². The molecule has 0 bridgehead atoms. The number of halogens is 1. The Morgan fingerprint density at radius 1 is 0.767 bits per heavy atom.